The van der Waals surface area contributed by atoms with E-state index in [0.717, 1.165) is 17.2 Å². The lowest BCUT2D eigenvalue weighted by Gasteiger charge is -2.20. The number of carboxylic acid groups (broad SMARTS) is 1. The Morgan fingerprint density at radius 3 is 2.51 bits per heavy atom. The van der Waals surface area contributed by atoms with Gasteiger partial charge < -0.3 is 19.7 Å². The Bertz CT molecular complexity index is 1270. The molecule has 0 saturated heterocycles. The molecule has 1 unspecified atom stereocenters. The SMILES string of the molecule is O=C(O)CC1COc2cc(O[C@@H]3CCc4c3ccc(C(F)(F)F)c4Cc3ccc(O)cc3)ccc21. The van der Waals surface area contributed by atoms with Crippen molar-refractivity contribution in [1.82, 2.24) is 0 Å². The highest BCUT2D eigenvalue weighted by Crippen LogP contribution is 2.44. The molecule has 0 fully saturated rings. The summed E-state index contributed by atoms with van der Waals surface area (Å²) < 4.78 is 53.4. The number of rotatable bonds is 6. The van der Waals surface area contributed by atoms with Gasteiger partial charge in [0.25, 0.3) is 0 Å². The smallest absolute Gasteiger partial charge is 0.416 e. The number of ether oxygens (including phenoxy) is 2. The predicted molar refractivity (Wildman–Crippen MR) is 121 cm³/mol. The van der Waals surface area contributed by atoms with E-state index in [1.807, 2.05) is 0 Å². The molecule has 1 aliphatic heterocycles. The number of hydrogen-bond acceptors (Lipinski definition) is 4. The molecule has 2 N–H and O–H groups in total. The zero-order valence-corrected chi connectivity index (χ0v) is 18.6. The summed E-state index contributed by atoms with van der Waals surface area (Å²) >= 11 is 0. The van der Waals surface area contributed by atoms with Gasteiger partial charge in [-0.15, -0.1) is 0 Å². The minimum Gasteiger partial charge on any atom is -0.508 e. The van der Waals surface area contributed by atoms with Gasteiger partial charge in [-0.25, -0.2) is 0 Å². The van der Waals surface area contributed by atoms with Gasteiger partial charge in [-0.3, -0.25) is 4.79 Å². The fourth-order valence-corrected chi connectivity index (χ4v) is 5.02. The summed E-state index contributed by atoms with van der Waals surface area (Å²) in [4.78, 5) is 11.1. The number of carbonyl (C=O) groups is 1. The number of benzene rings is 3. The highest BCUT2D eigenvalue weighted by molar-refractivity contribution is 5.68. The first kappa shape index (κ1) is 23.1. The van der Waals surface area contributed by atoms with Gasteiger partial charge in [0, 0.05) is 17.5 Å². The van der Waals surface area contributed by atoms with Gasteiger partial charge in [-0.05, 0) is 65.8 Å². The van der Waals surface area contributed by atoms with Crippen LogP contribution in [0.25, 0.3) is 0 Å². The van der Waals surface area contributed by atoms with Crippen LogP contribution in [0.1, 0.15) is 58.2 Å². The maximum atomic E-state index is 13.8. The van der Waals surface area contributed by atoms with Gasteiger partial charge in [0.05, 0.1) is 18.6 Å². The monoisotopic (exact) mass is 484 g/mol. The second-order valence-electron chi connectivity index (χ2n) is 8.95. The van der Waals surface area contributed by atoms with E-state index in [9.17, 15) is 23.1 Å². The van der Waals surface area contributed by atoms with E-state index in [1.54, 1.807) is 30.3 Å². The number of alkyl halides is 3. The van der Waals surface area contributed by atoms with Crippen LogP contribution < -0.4 is 9.47 Å². The number of aliphatic carboxylic acids is 1. The minimum atomic E-state index is -4.48. The first-order valence-corrected chi connectivity index (χ1v) is 11.3. The van der Waals surface area contributed by atoms with Crippen LogP contribution in [0.15, 0.2) is 54.6 Å². The average molecular weight is 484 g/mol. The van der Waals surface area contributed by atoms with Crippen molar-refractivity contribution in [2.24, 2.45) is 0 Å². The Hall–Kier alpha value is -3.68. The van der Waals surface area contributed by atoms with Crippen molar-refractivity contribution in [2.75, 3.05) is 6.61 Å². The van der Waals surface area contributed by atoms with Crippen LogP contribution in [0.2, 0.25) is 0 Å². The molecule has 0 saturated carbocycles. The quantitative estimate of drug-likeness (QED) is 0.448. The summed E-state index contributed by atoms with van der Waals surface area (Å²) in [6.07, 6.45) is -3.81. The second-order valence-corrected chi connectivity index (χ2v) is 8.95. The Kier molecular flexibility index (Phi) is 5.83. The number of hydrogen-bond donors (Lipinski definition) is 2. The molecule has 0 radical (unpaired) electrons. The predicted octanol–water partition coefficient (Wildman–Crippen LogP) is 6.02. The van der Waals surface area contributed by atoms with E-state index in [1.165, 1.54) is 18.2 Å². The summed E-state index contributed by atoms with van der Waals surface area (Å²) in [7, 11) is 0. The molecule has 5 rings (SSSR count). The molecule has 0 aromatic heterocycles. The van der Waals surface area contributed by atoms with Crippen LogP contribution in [0.3, 0.4) is 0 Å². The van der Waals surface area contributed by atoms with Gasteiger partial charge >= 0.3 is 12.1 Å². The molecule has 8 heteroatoms. The van der Waals surface area contributed by atoms with Gasteiger partial charge in [-0.1, -0.05) is 24.3 Å². The molecule has 5 nitrogen and oxygen atoms in total. The van der Waals surface area contributed by atoms with Crippen molar-refractivity contribution >= 4 is 5.97 Å². The zero-order chi connectivity index (χ0) is 24.7. The summed E-state index contributed by atoms with van der Waals surface area (Å²) in [5, 5.41) is 18.6. The maximum absolute atomic E-state index is 13.8. The number of phenols is 1. The van der Waals surface area contributed by atoms with Crippen molar-refractivity contribution in [3.63, 3.8) is 0 Å². The van der Waals surface area contributed by atoms with Crippen LogP contribution in [0, 0.1) is 0 Å². The molecule has 0 spiro atoms. The second kappa shape index (κ2) is 8.83. The first-order valence-electron chi connectivity index (χ1n) is 11.3. The molecule has 0 amide bonds. The number of fused-ring (bicyclic) bond motifs is 2. The third-order valence-corrected chi connectivity index (χ3v) is 6.66. The topological polar surface area (TPSA) is 76.0 Å². The van der Waals surface area contributed by atoms with Crippen LogP contribution >= 0.6 is 0 Å². The Labute approximate surface area is 199 Å². The summed E-state index contributed by atoms with van der Waals surface area (Å²) in [6, 6.07) is 14.1. The Morgan fingerprint density at radius 1 is 1.06 bits per heavy atom. The lowest BCUT2D eigenvalue weighted by Crippen LogP contribution is -2.13. The summed E-state index contributed by atoms with van der Waals surface area (Å²) in [5.41, 5.74) is 2.46. The largest absolute Gasteiger partial charge is 0.508 e. The summed E-state index contributed by atoms with van der Waals surface area (Å²) in [5.74, 6) is 0.0526. The molecule has 0 bridgehead atoms. The fourth-order valence-electron chi connectivity index (χ4n) is 5.02. The van der Waals surface area contributed by atoms with Gasteiger partial charge in [0.2, 0.25) is 0 Å². The number of phenolic OH excluding ortho intramolecular Hbond substituents is 1. The number of carboxylic acids is 1. The van der Waals surface area contributed by atoms with Crippen LogP contribution in [-0.4, -0.2) is 22.8 Å². The van der Waals surface area contributed by atoms with Gasteiger partial charge in [-0.2, -0.15) is 13.2 Å². The third-order valence-electron chi connectivity index (χ3n) is 6.66. The van der Waals surface area contributed by atoms with Crippen molar-refractivity contribution in [3.05, 3.63) is 88.0 Å². The Morgan fingerprint density at radius 2 is 1.80 bits per heavy atom. The van der Waals surface area contributed by atoms with Gasteiger partial charge in [0.15, 0.2) is 0 Å². The van der Waals surface area contributed by atoms with Crippen LogP contribution in [-0.2, 0) is 23.8 Å². The molecule has 3 aromatic rings. The normalized spacial score (nSPS) is 18.6. The first-order chi connectivity index (χ1) is 16.7. The van der Waals surface area contributed by atoms with E-state index in [0.29, 0.717) is 35.5 Å². The third kappa shape index (κ3) is 4.65. The van der Waals surface area contributed by atoms with E-state index < -0.39 is 23.8 Å². The van der Waals surface area contributed by atoms with E-state index >= 15 is 0 Å². The maximum Gasteiger partial charge on any atom is 0.416 e. The zero-order valence-electron chi connectivity index (χ0n) is 18.6. The van der Waals surface area contributed by atoms with Crippen molar-refractivity contribution in [3.8, 4) is 17.2 Å². The molecule has 1 heterocycles. The summed E-state index contributed by atoms with van der Waals surface area (Å²) in [6.45, 7) is 0.290. The highest BCUT2D eigenvalue weighted by atomic mass is 19.4. The highest BCUT2D eigenvalue weighted by Gasteiger charge is 2.37. The lowest BCUT2D eigenvalue weighted by molar-refractivity contribution is -0.138. The fraction of sp³-hybridized carbons (Fsp3) is 0.296. The van der Waals surface area contributed by atoms with Crippen LogP contribution in [0.5, 0.6) is 17.2 Å². The standard InChI is InChI=1S/C27H23F3O5/c28-27(29,30)23-9-7-21-20(22(23)11-15-1-3-17(31)4-2-15)8-10-24(21)35-18-5-6-19-16(12-26(32)33)14-34-25(19)13-18/h1-7,9,13,16,24,31H,8,10-12,14H2,(H,32,33)/t16?,24-/m1/s1. The molecule has 182 valence electrons. The number of halogens is 3. The van der Waals surface area contributed by atoms with Crippen molar-refractivity contribution in [2.45, 2.75) is 43.9 Å². The van der Waals surface area contributed by atoms with Crippen LogP contribution in [0.4, 0.5) is 13.2 Å². The van der Waals surface area contributed by atoms with E-state index in [-0.39, 0.29) is 36.7 Å². The molecule has 3 aromatic carbocycles. The van der Waals surface area contributed by atoms with Crippen molar-refractivity contribution < 1.29 is 37.7 Å². The molecular weight excluding hydrogens is 461 g/mol. The molecule has 2 aliphatic rings. The molecule has 2 atom stereocenters. The lowest BCUT2D eigenvalue weighted by atomic mass is 9.92. The van der Waals surface area contributed by atoms with E-state index in [2.05, 4.69) is 0 Å². The Balaban J connectivity index is 1.42. The molecule has 1 aliphatic carbocycles. The van der Waals surface area contributed by atoms with Crippen molar-refractivity contribution in [1.29, 1.82) is 0 Å². The van der Waals surface area contributed by atoms with E-state index in [4.69, 9.17) is 14.6 Å². The molecular formula is C27H23F3O5. The molecule has 35 heavy (non-hydrogen) atoms. The average Bonchev–Trinajstić information content (AvgIpc) is 3.38. The van der Waals surface area contributed by atoms with Gasteiger partial charge in [0.1, 0.15) is 23.4 Å². The number of aromatic hydroxyl groups is 1. The minimum absolute atomic E-state index is 0.0193.